The van der Waals surface area contributed by atoms with Gasteiger partial charge < -0.3 is 30.0 Å². The Hall–Kier alpha value is -5.08. The highest BCUT2D eigenvalue weighted by molar-refractivity contribution is 7.99. The standard InChI is InChI=1S/C36H36N6O6S/c1-46-33(44)31(19-24-9-4-2-5-10-24)38-35(45)37-28-12-8-11-27(20-28)34-47-30(21-32(48-34)26-17-15-25(22-43)16-18-26)23-49-36-39-40-41-42(36)29-13-6-3-7-14-29/h2-18,20,30-32,34,43H,19,21-23H2,1H3,(H2,37,38,45)/t30-,31+,32+,34+/m1/s1. The van der Waals surface area contributed by atoms with E-state index in [0.29, 0.717) is 28.6 Å². The molecule has 252 valence electrons. The second-order valence-corrected chi connectivity index (χ2v) is 12.3. The molecule has 1 aliphatic heterocycles. The molecule has 3 N–H and O–H groups in total. The quantitative estimate of drug-likeness (QED) is 0.116. The number of aliphatic hydroxyl groups is 1. The van der Waals surface area contributed by atoms with Crippen molar-refractivity contribution in [3.8, 4) is 5.69 Å². The highest BCUT2D eigenvalue weighted by Gasteiger charge is 2.33. The van der Waals surface area contributed by atoms with Gasteiger partial charge in [-0.2, -0.15) is 4.68 Å². The van der Waals surface area contributed by atoms with Crippen molar-refractivity contribution in [2.75, 3.05) is 18.2 Å². The average molecular weight is 681 g/mol. The highest BCUT2D eigenvalue weighted by atomic mass is 32.2. The summed E-state index contributed by atoms with van der Waals surface area (Å²) in [6.07, 6.45) is -0.446. The molecule has 0 bridgehead atoms. The monoisotopic (exact) mass is 680 g/mol. The molecule has 6 rings (SSSR count). The zero-order valence-corrected chi connectivity index (χ0v) is 27.5. The first-order valence-electron chi connectivity index (χ1n) is 15.8. The van der Waals surface area contributed by atoms with Crippen LogP contribution in [0.2, 0.25) is 0 Å². The van der Waals surface area contributed by atoms with Crippen molar-refractivity contribution in [1.82, 2.24) is 25.5 Å². The fraction of sp³-hybridized carbons (Fsp3) is 0.250. The molecule has 0 unspecified atom stereocenters. The summed E-state index contributed by atoms with van der Waals surface area (Å²) < 4.78 is 19.6. The second kappa shape index (κ2) is 16.3. The summed E-state index contributed by atoms with van der Waals surface area (Å²) in [5, 5.41) is 28.0. The molecule has 4 aromatic carbocycles. The number of ether oxygens (including phenoxy) is 3. The van der Waals surface area contributed by atoms with E-state index < -0.39 is 24.3 Å². The number of benzene rings is 4. The average Bonchev–Trinajstić information content (AvgIpc) is 3.63. The molecule has 13 heteroatoms. The molecule has 1 aromatic heterocycles. The number of hydrogen-bond donors (Lipinski definition) is 3. The summed E-state index contributed by atoms with van der Waals surface area (Å²) in [5.41, 5.74) is 4.70. The Bertz CT molecular complexity index is 1830. The van der Waals surface area contributed by atoms with Crippen LogP contribution in [-0.4, -0.2) is 62.3 Å². The predicted octanol–water partition coefficient (Wildman–Crippen LogP) is 5.40. The molecular formula is C36H36N6O6S. The third-order valence-electron chi connectivity index (χ3n) is 7.95. The summed E-state index contributed by atoms with van der Waals surface area (Å²) in [6, 6.07) is 32.5. The van der Waals surface area contributed by atoms with E-state index in [-0.39, 0.29) is 25.2 Å². The number of para-hydroxylation sites is 1. The summed E-state index contributed by atoms with van der Waals surface area (Å²) in [6.45, 7) is -0.0487. The highest BCUT2D eigenvalue weighted by Crippen LogP contribution is 2.40. The fourth-order valence-electron chi connectivity index (χ4n) is 5.46. The Morgan fingerprint density at radius 2 is 1.69 bits per heavy atom. The number of urea groups is 1. The van der Waals surface area contributed by atoms with E-state index in [1.807, 2.05) is 91.0 Å². The van der Waals surface area contributed by atoms with Crippen LogP contribution in [0.25, 0.3) is 5.69 Å². The van der Waals surface area contributed by atoms with Crippen molar-refractivity contribution in [3.63, 3.8) is 0 Å². The molecule has 49 heavy (non-hydrogen) atoms. The Kier molecular flexibility index (Phi) is 11.3. The topological polar surface area (TPSA) is 150 Å². The number of tetrazole rings is 1. The van der Waals surface area contributed by atoms with Crippen LogP contribution in [0, 0.1) is 0 Å². The fourth-order valence-corrected chi connectivity index (χ4v) is 6.37. The van der Waals surface area contributed by atoms with Crippen LogP contribution >= 0.6 is 11.8 Å². The number of aliphatic hydroxyl groups excluding tert-OH is 1. The third-order valence-corrected chi connectivity index (χ3v) is 9.00. The maximum Gasteiger partial charge on any atom is 0.328 e. The summed E-state index contributed by atoms with van der Waals surface area (Å²) in [4.78, 5) is 25.5. The predicted molar refractivity (Wildman–Crippen MR) is 183 cm³/mol. The van der Waals surface area contributed by atoms with Crippen molar-refractivity contribution in [3.05, 3.63) is 131 Å². The zero-order valence-electron chi connectivity index (χ0n) is 26.7. The van der Waals surface area contributed by atoms with Gasteiger partial charge in [0.2, 0.25) is 5.16 Å². The lowest BCUT2D eigenvalue weighted by atomic mass is 10.0. The molecular weight excluding hydrogens is 644 g/mol. The minimum absolute atomic E-state index is 0.0487. The van der Waals surface area contributed by atoms with Gasteiger partial charge in [-0.25, -0.2) is 9.59 Å². The molecule has 0 aliphatic carbocycles. The minimum Gasteiger partial charge on any atom is -0.467 e. The summed E-state index contributed by atoms with van der Waals surface area (Å²) in [5.74, 6) is 0.00569. The van der Waals surface area contributed by atoms with E-state index in [4.69, 9.17) is 14.2 Å². The number of carbonyl (C=O) groups is 2. The van der Waals surface area contributed by atoms with Gasteiger partial charge >= 0.3 is 12.0 Å². The van der Waals surface area contributed by atoms with E-state index in [0.717, 1.165) is 22.4 Å². The van der Waals surface area contributed by atoms with Crippen LogP contribution in [0.1, 0.15) is 41.1 Å². The van der Waals surface area contributed by atoms with Crippen LogP contribution in [-0.2, 0) is 32.0 Å². The van der Waals surface area contributed by atoms with Crippen molar-refractivity contribution < 1.29 is 28.9 Å². The van der Waals surface area contributed by atoms with Gasteiger partial charge in [0.05, 0.1) is 31.6 Å². The normalized spacial score (nSPS) is 18.0. The molecule has 1 aliphatic rings. The summed E-state index contributed by atoms with van der Waals surface area (Å²) in [7, 11) is 1.29. The molecule has 0 saturated carbocycles. The number of esters is 1. The van der Waals surface area contributed by atoms with E-state index in [1.165, 1.54) is 18.9 Å². The van der Waals surface area contributed by atoms with Crippen molar-refractivity contribution in [2.45, 2.75) is 49.1 Å². The Morgan fingerprint density at radius 3 is 2.43 bits per heavy atom. The summed E-state index contributed by atoms with van der Waals surface area (Å²) >= 11 is 1.49. The molecule has 5 aromatic rings. The first kappa shape index (κ1) is 33.8. The van der Waals surface area contributed by atoms with Gasteiger partial charge in [-0.15, -0.1) is 5.10 Å². The van der Waals surface area contributed by atoms with Crippen molar-refractivity contribution in [1.29, 1.82) is 0 Å². The molecule has 4 atom stereocenters. The molecule has 12 nitrogen and oxygen atoms in total. The smallest absolute Gasteiger partial charge is 0.328 e. The third kappa shape index (κ3) is 8.89. The number of hydrogen-bond acceptors (Lipinski definition) is 10. The maximum atomic E-state index is 13.1. The van der Waals surface area contributed by atoms with Gasteiger partial charge in [0.15, 0.2) is 6.29 Å². The number of thioether (sulfide) groups is 1. The number of amides is 2. The molecule has 0 radical (unpaired) electrons. The van der Waals surface area contributed by atoms with Crippen LogP contribution in [0.5, 0.6) is 0 Å². The van der Waals surface area contributed by atoms with E-state index in [2.05, 4.69) is 26.2 Å². The number of methoxy groups -OCH3 is 1. The van der Waals surface area contributed by atoms with Gasteiger partial charge in [-0.1, -0.05) is 96.7 Å². The Labute approximate surface area is 287 Å². The molecule has 2 heterocycles. The van der Waals surface area contributed by atoms with Crippen LogP contribution in [0.3, 0.4) is 0 Å². The number of aromatic nitrogens is 4. The van der Waals surface area contributed by atoms with E-state index >= 15 is 0 Å². The molecule has 0 spiro atoms. The van der Waals surface area contributed by atoms with Crippen molar-refractivity contribution >= 4 is 29.4 Å². The van der Waals surface area contributed by atoms with Gasteiger partial charge in [0, 0.05) is 29.8 Å². The number of carbonyl (C=O) groups excluding carboxylic acids is 2. The first-order chi connectivity index (χ1) is 24.0. The van der Waals surface area contributed by atoms with Gasteiger partial charge in [0.1, 0.15) is 6.04 Å². The minimum atomic E-state index is -0.875. The van der Waals surface area contributed by atoms with Crippen LogP contribution in [0.4, 0.5) is 10.5 Å². The molecule has 2 amide bonds. The lowest BCUT2D eigenvalue weighted by Gasteiger charge is -2.36. The first-order valence-corrected chi connectivity index (χ1v) is 16.7. The van der Waals surface area contributed by atoms with E-state index in [9.17, 15) is 14.7 Å². The van der Waals surface area contributed by atoms with Crippen LogP contribution < -0.4 is 10.6 Å². The second-order valence-electron chi connectivity index (χ2n) is 11.4. The van der Waals surface area contributed by atoms with Crippen LogP contribution in [0.15, 0.2) is 114 Å². The maximum absolute atomic E-state index is 13.1. The van der Waals surface area contributed by atoms with E-state index in [1.54, 1.807) is 22.9 Å². The number of nitrogens with one attached hydrogen (secondary N) is 2. The number of nitrogens with zero attached hydrogens (tertiary/aromatic N) is 4. The Balaban J connectivity index is 1.17. The van der Waals surface area contributed by atoms with Crippen molar-refractivity contribution in [2.24, 2.45) is 0 Å². The van der Waals surface area contributed by atoms with Gasteiger partial charge in [-0.05, 0) is 51.4 Å². The Morgan fingerprint density at radius 1 is 0.939 bits per heavy atom. The largest absolute Gasteiger partial charge is 0.467 e. The molecule has 1 fully saturated rings. The van der Waals surface area contributed by atoms with Gasteiger partial charge in [-0.3, -0.25) is 0 Å². The zero-order chi connectivity index (χ0) is 34.0. The number of rotatable bonds is 12. The lowest BCUT2D eigenvalue weighted by Crippen LogP contribution is -2.45. The molecule has 1 saturated heterocycles. The number of anilines is 1. The SMILES string of the molecule is COC(=O)[C@H](Cc1ccccc1)NC(=O)Nc1cccc([C@H]2O[C@@H](CSc3nnnn3-c3ccccc3)C[C@@H](c3ccc(CO)cc3)O2)c1. The van der Waals surface area contributed by atoms with Gasteiger partial charge in [0.25, 0.3) is 0 Å². The lowest BCUT2D eigenvalue weighted by molar-refractivity contribution is -0.245.